The Bertz CT molecular complexity index is 1480. The molecule has 0 aliphatic carbocycles. The van der Waals surface area contributed by atoms with Crippen LogP contribution in [0.2, 0.25) is 0 Å². The Morgan fingerprint density at radius 3 is 2.34 bits per heavy atom. The maximum atomic E-state index is 12.6. The predicted octanol–water partition coefficient (Wildman–Crippen LogP) is 3.71. The number of nitro benzene ring substituents is 1. The molecular weight excluding hydrogens is 478 g/mol. The van der Waals surface area contributed by atoms with Crippen molar-refractivity contribution in [1.29, 1.82) is 0 Å². The van der Waals surface area contributed by atoms with E-state index in [4.69, 9.17) is 9.15 Å². The number of nitro groups is 1. The highest BCUT2D eigenvalue weighted by atomic mass is 32.2. The first-order valence-corrected chi connectivity index (χ1v) is 11.4. The van der Waals surface area contributed by atoms with Crippen molar-refractivity contribution in [3.63, 3.8) is 0 Å². The second-order valence-corrected chi connectivity index (χ2v) is 8.65. The third kappa shape index (κ3) is 5.25. The molecule has 13 heteroatoms. The van der Waals surface area contributed by atoms with Crippen LogP contribution in [-0.2, 0) is 10.0 Å². The maximum Gasteiger partial charge on any atom is 0.322 e. The van der Waals surface area contributed by atoms with Crippen molar-refractivity contribution in [2.24, 2.45) is 0 Å². The molecule has 35 heavy (non-hydrogen) atoms. The van der Waals surface area contributed by atoms with Crippen LogP contribution in [0.5, 0.6) is 5.75 Å². The predicted molar refractivity (Wildman–Crippen MR) is 125 cm³/mol. The summed E-state index contributed by atoms with van der Waals surface area (Å²) in [5, 5.41) is 21.3. The monoisotopic (exact) mass is 495 g/mol. The lowest BCUT2D eigenvalue weighted by Crippen LogP contribution is -2.15. The Kier molecular flexibility index (Phi) is 6.42. The highest BCUT2D eigenvalue weighted by Crippen LogP contribution is 2.26. The summed E-state index contributed by atoms with van der Waals surface area (Å²) in [6, 6.07) is 17.2. The molecule has 1 aromatic heterocycles. The summed E-state index contributed by atoms with van der Waals surface area (Å²) in [7, 11) is -2.68. The van der Waals surface area contributed by atoms with Crippen LogP contribution in [0.3, 0.4) is 0 Å². The summed E-state index contributed by atoms with van der Waals surface area (Å²) in [5.74, 6) is 0.292. The number of carbonyl (C=O) groups excluding carboxylic acids is 1. The second-order valence-electron chi connectivity index (χ2n) is 7.00. The van der Waals surface area contributed by atoms with Crippen molar-refractivity contribution in [3.8, 4) is 17.2 Å². The molecule has 0 radical (unpaired) electrons. The number of benzene rings is 3. The zero-order valence-electron chi connectivity index (χ0n) is 18.0. The minimum atomic E-state index is -4.23. The molecule has 0 spiro atoms. The molecule has 0 unspecified atom stereocenters. The normalized spacial score (nSPS) is 11.0. The van der Waals surface area contributed by atoms with Gasteiger partial charge in [0.1, 0.15) is 5.75 Å². The van der Waals surface area contributed by atoms with E-state index in [1.165, 1.54) is 36.4 Å². The number of amides is 1. The number of hydrogen-bond acceptors (Lipinski definition) is 9. The van der Waals surface area contributed by atoms with E-state index in [1.807, 2.05) is 0 Å². The lowest BCUT2D eigenvalue weighted by Gasteiger charge is -2.09. The number of methoxy groups -OCH3 is 1. The number of ether oxygens (including phenoxy) is 1. The van der Waals surface area contributed by atoms with E-state index in [0.717, 1.165) is 12.1 Å². The van der Waals surface area contributed by atoms with Gasteiger partial charge in [-0.3, -0.25) is 24.9 Å². The van der Waals surface area contributed by atoms with Gasteiger partial charge in [0.25, 0.3) is 21.6 Å². The first-order valence-electron chi connectivity index (χ1n) is 9.92. The molecule has 2 N–H and O–H groups in total. The molecule has 0 fully saturated rings. The fraction of sp³-hybridized carbons (Fsp3) is 0.0455. The van der Waals surface area contributed by atoms with Crippen LogP contribution in [0.4, 0.5) is 17.4 Å². The molecule has 4 aromatic rings. The van der Waals surface area contributed by atoms with Crippen LogP contribution < -0.4 is 14.8 Å². The fourth-order valence-electron chi connectivity index (χ4n) is 3.03. The molecule has 0 atom stereocenters. The molecule has 0 aliphatic heterocycles. The van der Waals surface area contributed by atoms with E-state index in [-0.39, 0.29) is 23.2 Å². The van der Waals surface area contributed by atoms with E-state index < -0.39 is 31.4 Å². The van der Waals surface area contributed by atoms with E-state index in [9.17, 15) is 23.3 Å². The Hall–Kier alpha value is -4.78. The summed E-state index contributed by atoms with van der Waals surface area (Å²) >= 11 is 0. The average molecular weight is 495 g/mol. The minimum Gasteiger partial charge on any atom is -0.497 e. The molecule has 3 aromatic carbocycles. The molecule has 0 bridgehead atoms. The van der Waals surface area contributed by atoms with Gasteiger partial charge in [0.2, 0.25) is 5.89 Å². The molecule has 1 amide bonds. The van der Waals surface area contributed by atoms with Crippen molar-refractivity contribution < 1.29 is 27.3 Å². The topological polar surface area (TPSA) is 167 Å². The quantitative estimate of drug-likeness (QED) is 0.273. The number of hydrogen-bond donors (Lipinski definition) is 2. The van der Waals surface area contributed by atoms with Crippen LogP contribution in [-0.4, -0.2) is 36.6 Å². The van der Waals surface area contributed by atoms with Gasteiger partial charge < -0.3 is 9.15 Å². The molecule has 0 saturated heterocycles. The molecule has 0 aliphatic rings. The number of carbonyl (C=O) groups is 1. The zero-order chi connectivity index (χ0) is 25.0. The first kappa shape index (κ1) is 23.4. The first-order chi connectivity index (χ1) is 16.8. The van der Waals surface area contributed by atoms with E-state index in [2.05, 4.69) is 20.2 Å². The Morgan fingerprint density at radius 2 is 1.69 bits per heavy atom. The third-order valence-electron chi connectivity index (χ3n) is 4.73. The SMILES string of the molecule is COc1ccc(-c2nnc(NC(=O)c3ccc(NS(=O)(=O)c4ccccc4[N+](=O)[O-])cc3)o2)cc1. The van der Waals surface area contributed by atoms with Gasteiger partial charge in [0, 0.05) is 22.9 Å². The lowest BCUT2D eigenvalue weighted by molar-refractivity contribution is -0.387. The van der Waals surface area contributed by atoms with Crippen LogP contribution in [0.15, 0.2) is 82.1 Å². The van der Waals surface area contributed by atoms with Crippen molar-refractivity contribution in [2.75, 3.05) is 17.1 Å². The van der Waals surface area contributed by atoms with E-state index >= 15 is 0 Å². The van der Waals surface area contributed by atoms with Gasteiger partial charge in [-0.15, -0.1) is 5.10 Å². The number of anilines is 2. The van der Waals surface area contributed by atoms with Gasteiger partial charge in [-0.05, 0) is 54.6 Å². The van der Waals surface area contributed by atoms with Gasteiger partial charge in [-0.25, -0.2) is 8.42 Å². The molecule has 1 heterocycles. The molecule has 12 nitrogen and oxygen atoms in total. The lowest BCUT2D eigenvalue weighted by atomic mass is 10.2. The number of rotatable bonds is 8. The largest absolute Gasteiger partial charge is 0.497 e. The van der Waals surface area contributed by atoms with Gasteiger partial charge >= 0.3 is 6.01 Å². The van der Waals surface area contributed by atoms with Gasteiger partial charge in [-0.2, -0.15) is 0 Å². The van der Waals surface area contributed by atoms with Crippen LogP contribution >= 0.6 is 0 Å². The van der Waals surface area contributed by atoms with Gasteiger partial charge in [0.15, 0.2) is 4.90 Å². The summed E-state index contributed by atoms with van der Waals surface area (Å²) in [6.07, 6.45) is 0. The van der Waals surface area contributed by atoms with E-state index in [0.29, 0.717) is 11.3 Å². The smallest absolute Gasteiger partial charge is 0.322 e. The van der Waals surface area contributed by atoms with Gasteiger partial charge in [-0.1, -0.05) is 17.2 Å². The highest BCUT2D eigenvalue weighted by molar-refractivity contribution is 7.92. The molecule has 178 valence electrons. The second kappa shape index (κ2) is 9.61. The number of nitrogens with one attached hydrogen (secondary N) is 2. The van der Waals surface area contributed by atoms with Crippen molar-refractivity contribution >= 4 is 33.3 Å². The molecular formula is C22H17N5O7S. The Morgan fingerprint density at radius 1 is 1.00 bits per heavy atom. The fourth-order valence-corrected chi connectivity index (χ4v) is 4.26. The number of nitrogens with zero attached hydrogens (tertiary/aromatic N) is 3. The number of aromatic nitrogens is 2. The third-order valence-corrected chi connectivity index (χ3v) is 6.16. The molecule has 0 saturated carbocycles. The Balaban J connectivity index is 1.44. The summed E-state index contributed by atoms with van der Waals surface area (Å²) in [5.41, 5.74) is 0.376. The standard InChI is InChI=1S/C22H17N5O7S/c1-33-17-12-8-15(9-13-17)21-24-25-22(34-21)23-20(28)14-6-10-16(11-7-14)26-35(31,32)19-5-3-2-4-18(19)27(29)30/h2-13,26H,1H3,(H,23,25,28). The Labute approximate surface area is 198 Å². The van der Waals surface area contributed by atoms with Crippen LogP contribution in [0.1, 0.15) is 10.4 Å². The highest BCUT2D eigenvalue weighted by Gasteiger charge is 2.25. The van der Waals surface area contributed by atoms with Crippen LogP contribution in [0, 0.1) is 10.1 Å². The zero-order valence-corrected chi connectivity index (χ0v) is 18.9. The van der Waals surface area contributed by atoms with Crippen LogP contribution in [0.25, 0.3) is 11.5 Å². The minimum absolute atomic E-state index is 0.110. The number of para-hydroxylation sites is 1. The van der Waals surface area contributed by atoms with Gasteiger partial charge in [0.05, 0.1) is 12.0 Å². The number of sulfonamides is 1. The summed E-state index contributed by atoms with van der Waals surface area (Å²) in [6.45, 7) is 0. The van der Waals surface area contributed by atoms with Crippen molar-refractivity contribution in [1.82, 2.24) is 10.2 Å². The average Bonchev–Trinajstić information content (AvgIpc) is 3.32. The van der Waals surface area contributed by atoms with Crippen molar-refractivity contribution in [3.05, 3.63) is 88.5 Å². The van der Waals surface area contributed by atoms with E-state index in [1.54, 1.807) is 31.4 Å². The maximum absolute atomic E-state index is 12.6. The summed E-state index contributed by atoms with van der Waals surface area (Å²) in [4.78, 5) is 22.4. The van der Waals surface area contributed by atoms with Crippen molar-refractivity contribution in [2.45, 2.75) is 4.90 Å². The summed E-state index contributed by atoms with van der Waals surface area (Å²) < 4.78 is 38.0. The molecule has 4 rings (SSSR count).